The van der Waals surface area contributed by atoms with E-state index in [-0.39, 0.29) is 11.7 Å². The molecule has 3 heteroatoms. The standard InChI is InChI=1S/C11H11FO2/c1-11(10(13)14)6-9(11)7-3-2-4-8(12)5-7/h2-5,9H,6H2,1H3,(H,13,14). The number of hydrogen-bond donors (Lipinski definition) is 1. The Morgan fingerprint density at radius 2 is 2.36 bits per heavy atom. The van der Waals surface area contributed by atoms with Gasteiger partial charge in [0.2, 0.25) is 0 Å². The van der Waals surface area contributed by atoms with Gasteiger partial charge in [0.05, 0.1) is 5.41 Å². The van der Waals surface area contributed by atoms with E-state index in [0.29, 0.717) is 6.42 Å². The molecular weight excluding hydrogens is 183 g/mol. The molecule has 1 aromatic carbocycles. The van der Waals surface area contributed by atoms with Crippen LogP contribution in [-0.2, 0) is 4.79 Å². The van der Waals surface area contributed by atoms with E-state index in [4.69, 9.17) is 5.11 Å². The Morgan fingerprint density at radius 1 is 1.64 bits per heavy atom. The van der Waals surface area contributed by atoms with Gasteiger partial charge in [-0.3, -0.25) is 4.79 Å². The SMILES string of the molecule is CC1(C(=O)O)CC1c1cccc(F)c1. The molecule has 1 saturated carbocycles. The third kappa shape index (κ3) is 1.29. The minimum atomic E-state index is -0.799. The van der Waals surface area contributed by atoms with Crippen molar-refractivity contribution in [3.8, 4) is 0 Å². The van der Waals surface area contributed by atoms with Crippen molar-refractivity contribution in [1.82, 2.24) is 0 Å². The molecule has 2 unspecified atom stereocenters. The fraction of sp³-hybridized carbons (Fsp3) is 0.364. The van der Waals surface area contributed by atoms with E-state index in [1.807, 2.05) is 0 Å². The Labute approximate surface area is 81.4 Å². The minimum Gasteiger partial charge on any atom is -0.481 e. The number of carboxylic acid groups (broad SMARTS) is 1. The summed E-state index contributed by atoms with van der Waals surface area (Å²) in [5.41, 5.74) is 0.100. The first-order valence-corrected chi connectivity index (χ1v) is 4.53. The smallest absolute Gasteiger partial charge is 0.309 e. The van der Waals surface area contributed by atoms with Gasteiger partial charge in [-0.15, -0.1) is 0 Å². The van der Waals surface area contributed by atoms with Crippen LogP contribution in [-0.4, -0.2) is 11.1 Å². The lowest BCUT2D eigenvalue weighted by Gasteiger charge is -2.04. The summed E-state index contributed by atoms with van der Waals surface area (Å²) in [6.07, 6.45) is 0.603. The molecule has 2 atom stereocenters. The van der Waals surface area contributed by atoms with Crippen LogP contribution in [0, 0.1) is 11.2 Å². The average molecular weight is 194 g/mol. The first kappa shape index (κ1) is 9.19. The Balaban J connectivity index is 2.25. The lowest BCUT2D eigenvalue weighted by molar-refractivity contribution is -0.142. The van der Waals surface area contributed by atoms with Crippen LogP contribution in [0.25, 0.3) is 0 Å². The van der Waals surface area contributed by atoms with Gasteiger partial charge in [0.15, 0.2) is 0 Å². The van der Waals surface area contributed by atoms with Crippen molar-refractivity contribution in [2.75, 3.05) is 0 Å². The molecule has 14 heavy (non-hydrogen) atoms. The van der Waals surface area contributed by atoms with Gasteiger partial charge in [-0.25, -0.2) is 4.39 Å². The first-order chi connectivity index (χ1) is 6.54. The Bertz CT molecular complexity index is 389. The van der Waals surface area contributed by atoms with Crippen LogP contribution in [0.3, 0.4) is 0 Å². The summed E-state index contributed by atoms with van der Waals surface area (Å²) in [6.45, 7) is 1.70. The summed E-state index contributed by atoms with van der Waals surface area (Å²) in [7, 11) is 0. The van der Waals surface area contributed by atoms with Crippen LogP contribution in [0.5, 0.6) is 0 Å². The maximum atomic E-state index is 12.9. The first-order valence-electron chi connectivity index (χ1n) is 4.53. The summed E-state index contributed by atoms with van der Waals surface area (Å²) in [6, 6.07) is 6.18. The summed E-state index contributed by atoms with van der Waals surface area (Å²) < 4.78 is 12.9. The van der Waals surface area contributed by atoms with E-state index in [1.165, 1.54) is 12.1 Å². The fourth-order valence-corrected chi connectivity index (χ4v) is 1.81. The van der Waals surface area contributed by atoms with E-state index in [9.17, 15) is 9.18 Å². The molecule has 0 heterocycles. The summed E-state index contributed by atoms with van der Waals surface area (Å²) in [4.78, 5) is 10.9. The van der Waals surface area contributed by atoms with Gasteiger partial charge >= 0.3 is 5.97 Å². The average Bonchev–Trinajstić information content (AvgIpc) is 2.80. The van der Waals surface area contributed by atoms with Crippen LogP contribution < -0.4 is 0 Å². The van der Waals surface area contributed by atoms with Crippen LogP contribution >= 0.6 is 0 Å². The topological polar surface area (TPSA) is 37.3 Å². The molecule has 1 aromatic rings. The molecule has 1 fully saturated rings. The number of aliphatic carboxylic acids is 1. The maximum Gasteiger partial charge on any atom is 0.309 e. The van der Waals surface area contributed by atoms with E-state index >= 15 is 0 Å². The summed E-state index contributed by atoms with van der Waals surface area (Å²) in [5, 5.41) is 8.92. The lowest BCUT2D eigenvalue weighted by atomic mass is 10.0. The number of benzene rings is 1. The molecule has 0 saturated heterocycles. The van der Waals surface area contributed by atoms with Gasteiger partial charge in [-0.2, -0.15) is 0 Å². The van der Waals surface area contributed by atoms with Gasteiger partial charge in [-0.1, -0.05) is 12.1 Å². The highest BCUT2D eigenvalue weighted by atomic mass is 19.1. The van der Waals surface area contributed by atoms with Crippen molar-refractivity contribution < 1.29 is 14.3 Å². The number of carboxylic acids is 1. The van der Waals surface area contributed by atoms with E-state index in [2.05, 4.69) is 0 Å². The van der Waals surface area contributed by atoms with Crippen LogP contribution in [0.4, 0.5) is 4.39 Å². The molecular formula is C11H11FO2. The van der Waals surface area contributed by atoms with E-state index in [0.717, 1.165) is 5.56 Å². The minimum absolute atomic E-state index is 0.0318. The van der Waals surface area contributed by atoms with Crippen LogP contribution in [0.2, 0.25) is 0 Å². The molecule has 0 radical (unpaired) electrons. The van der Waals surface area contributed by atoms with Gasteiger partial charge in [0, 0.05) is 5.92 Å². The summed E-state index contributed by atoms with van der Waals surface area (Å²) in [5.74, 6) is -1.13. The normalized spacial score (nSPS) is 30.0. The molecule has 2 nitrogen and oxygen atoms in total. The van der Waals surface area contributed by atoms with Crippen molar-refractivity contribution in [2.24, 2.45) is 5.41 Å². The zero-order valence-electron chi connectivity index (χ0n) is 7.83. The van der Waals surface area contributed by atoms with Crippen molar-refractivity contribution in [3.05, 3.63) is 35.6 Å². The highest BCUT2D eigenvalue weighted by Gasteiger charge is 2.57. The predicted octanol–water partition coefficient (Wildman–Crippen LogP) is 2.40. The molecule has 1 N–H and O–H groups in total. The van der Waals surface area contributed by atoms with Crippen molar-refractivity contribution in [2.45, 2.75) is 19.3 Å². The van der Waals surface area contributed by atoms with Gasteiger partial charge in [0.1, 0.15) is 5.82 Å². The summed E-state index contributed by atoms with van der Waals surface area (Å²) >= 11 is 0. The maximum absolute atomic E-state index is 12.9. The Morgan fingerprint density at radius 3 is 2.86 bits per heavy atom. The number of halogens is 1. The van der Waals surface area contributed by atoms with Crippen molar-refractivity contribution in [1.29, 1.82) is 0 Å². The monoisotopic (exact) mass is 194 g/mol. The van der Waals surface area contributed by atoms with E-state index in [1.54, 1.807) is 19.1 Å². The molecule has 1 aliphatic carbocycles. The van der Waals surface area contributed by atoms with Gasteiger partial charge < -0.3 is 5.11 Å². The number of rotatable bonds is 2. The second-order valence-electron chi connectivity index (χ2n) is 4.03. The van der Waals surface area contributed by atoms with Crippen LogP contribution in [0.1, 0.15) is 24.8 Å². The quantitative estimate of drug-likeness (QED) is 0.784. The third-order valence-electron chi connectivity index (χ3n) is 2.98. The number of hydrogen-bond acceptors (Lipinski definition) is 1. The van der Waals surface area contributed by atoms with Gasteiger partial charge in [0.25, 0.3) is 0 Å². The highest BCUT2D eigenvalue weighted by molar-refractivity contribution is 5.79. The molecule has 0 spiro atoms. The number of carbonyl (C=O) groups is 1. The zero-order valence-corrected chi connectivity index (χ0v) is 7.83. The van der Waals surface area contributed by atoms with Crippen molar-refractivity contribution in [3.63, 3.8) is 0 Å². The van der Waals surface area contributed by atoms with E-state index < -0.39 is 11.4 Å². The van der Waals surface area contributed by atoms with Gasteiger partial charge in [-0.05, 0) is 31.0 Å². The fourth-order valence-electron chi connectivity index (χ4n) is 1.81. The molecule has 0 bridgehead atoms. The largest absolute Gasteiger partial charge is 0.481 e. The van der Waals surface area contributed by atoms with Crippen molar-refractivity contribution >= 4 is 5.97 Å². The molecule has 0 aromatic heterocycles. The second-order valence-corrected chi connectivity index (χ2v) is 4.03. The highest BCUT2D eigenvalue weighted by Crippen LogP contribution is 2.59. The molecule has 0 amide bonds. The predicted molar refractivity (Wildman–Crippen MR) is 49.5 cm³/mol. The molecule has 0 aliphatic heterocycles. The zero-order chi connectivity index (χ0) is 10.3. The Kier molecular flexibility index (Phi) is 1.84. The second kappa shape index (κ2) is 2.80. The molecule has 2 rings (SSSR count). The Hall–Kier alpha value is -1.38. The molecule has 74 valence electrons. The molecule has 1 aliphatic rings. The lowest BCUT2D eigenvalue weighted by Crippen LogP contribution is -2.12. The third-order valence-corrected chi connectivity index (χ3v) is 2.98. The van der Waals surface area contributed by atoms with Crippen LogP contribution in [0.15, 0.2) is 24.3 Å².